The zero-order chi connectivity index (χ0) is 15.0. The molecule has 0 aromatic carbocycles. The lowest BCUT2D eigenvalue weighted by Gasteiger charge is -2.35. The first-order valence-electron chi connectivity index (χ1n) is 8.71. The molecule has 21 heavy (non-hydrogen) atoms. The van der Waals surface area contributed by atoms with Crippen molar-refractivity contribution in [1.82, 2.24) is 5.32 Å². The largest absolute Gasteiger partial charge is 0.382 e. The normalized spacial score (nSPS) is 29.1. The van der Waals surface area contributed by atoms with Crippen LogP contribution < -0.4 is 5.32 Å². The highest BCUT2D eigenvalue weighted by molar-refractivity contribution is 5.00. The van der Waals surface area contributed by atoms with Crippen LogP contribution in [0.4, 0.5) is 0 Å². The number of rotatable bonds is 12. The summed E-state index contributed by atoms with van der Waals surface area (Å²) in [5, 5.41) is 3.65. The van der Waals surface area contributed by atoms with Crippen molar-refractivity contribution in [1.29, 1.82) is 0 Å². The van der Waals surface area contributed by atoms with Gasteiger partial charge in [-0.25, -0.2) is 0 Å². The molecule has 1 N–H and O–H groups in total. The van der Waals surface area contributed by atoms with E-state index in [2.05, 4.69) is 12.2 Å². The Morgan fingerprint density at radius 1 is 1.24 bits per heavy atom. The van der Waals surface area contributed by atoms with Crippen molar-refractivity contribution in [2.24, 2.45) is 11.3 Å². The van der Waals surface area contributed by atoms with Gasteiger partial charge in [-0.05, 0) is 51.0 Å². The second-order valence-corrected chi connectivity index (χ2v) is 6.63. The van der Waals surface area contributed by atoms with Gasteiger partial charge in [0.25, 0.3) is 0 Å². The minimum Gasteiger partial charge on any atom is -0.382 e. The zero-order valence-electron chi connectivity index (χ0n) is 13.9. The third kappa shape index (κ3) is 5.20. The highest BCUT2D eigenvalue weighted by atomic mass is 16.5. The molecule has 0 bridgehead atoms. The van der Waals surface area contributed by atoms with Gasteiger partial charge in [0.2, 0.25) is 0 Å². The first-order valence-corrected chi connectivity index (χ1v) is 8.71. The van der Waals surface area contributed by atoms with Crippen LogP contribution in [0.3, 0.4) is 0 Å². The van der Waals surface area contributed by atoms with E-state index in [0.29, 0.717) is 24.7 Å². The molecule has 2 atom stereocenters. The van der Waals surface area contributed by atoms with Crippen LogP contribution in [-0.2, 0) is 14.2 Å². The topological polar surface area (TPSA) is 39.7 Å². The molecule has 2 aliphatic rings. The predicted octanol–water partition coefficient (Wildman–Crippen LogP) is 2.61. The molecule has 124 valence electrons. The minimum atomic E-state index is 0.348. The Morgan fingerprint density at radius 3 is 2.81 bits per heavy atom. The highest BCUT2D eigenvalue weighted by Gasteiger charge is 2.50. The fraction of sp³-hybridized carbons (Fsp3) is 1.00. The SMILES string of the molecule is CCCNCC1(CCCOCCOC)CCOC1C1CC1. The fourth-order valence-corrected chi connectivity index (χ4v) is 3.57. The number of methoxy groups -OCH3 is 1. The van der Waals surface area contributed by atoms with E-state index in [1.165, 1.54) is 32.1 Å². The molecule has 1 aliphatic heterocycles. The Hall–Kier alpha value is -0.160. The lowest BCUT2D eigenvalue weighted by molar-refractivity contribution is 0.0175. The molecule has 0 radical (unpaired) electrons. The van der Waals surface area contributed by atoms with Crippen molar-refractivity contribution in [2.75, 3.05) is 46.6 Å². The Kier molecular flexibility index (Phi) is 7.44. The molecule has 4 nitrogen and oxygen atoms in total. The van der Waals surface area contributed by atoms with Gasteiger partial charge < -0.3 is 19.5 Å². The van der Waals surface area contributed by atoms with E-state index in [-0.39, 0.29) is 0 Å². The summed E-state index contributed by atoms with van der Waals surface area (Å²) >= 11 is 0. The molecule has 4 heteroatoms. The molecule has 1 saturated heterocycles. The standard InChI is InChI=1S/C17H33NO3/c1-3-9-18-14-17(7-4-10-20-13-12-19-2)8-11-21-16(17)15-5-6-15/h15-16,18H,3-14H2,1-2H3. The van der Waals surface area contributed by atoms with Gasteiger partial charge in [-0.3, -0.25) is 0 Å². The Labute approximate surface area is 129 Å². The summed E-state index contributed by atoms with van der Waals surface area (Å²) in [7, 11) is 1.72. The van der Waals surface area contributed by atoms with Crippen molar-refractivity contribution < 1.29 is 14.2 Å². The molecular formula is C17H33NO3. The summed E-state index contributed by atoms with van der Waals surface area (Å²) in [5.74, 6) is 0.824. The minimum absolute atomic E-state index is 0.348. The van der Waals surface area contributed by atoms with E-state index < -0.39 is 0 Å². The van der Waals surface area contributed by atoms with E-state index in [1.54, 1.807) is 7.11 Å². The van der Waals surface area contributed by atoms with Crippen LogP contribution >= 0.6 is 0 Å². The second kappa shape index (κ2) is 9.09. The van der Waals surface area contributed by atoms with Gasteiger partial charge in [0.15, 0.2) is 0 Å². The van der Waals surface area contributed by atoms with Gasteiger partial charge in [0.1, 0.15) is 0 Å². The van der Waals surface area contributed by atoms with Crippen molar-refractivity contribution in [3.8, 4) is 0 Å². The summed E-state index contributed by atoms with van der Waals surface area (Å²) in [4.78, 5) is 0. The van der Waals surface area contributed by atoms with Crippen LogP contribution in [0.25, 0.3) is 0 Å². The van der Waals surface area contributed by atoms with Gasteiger partial charge in [-0.15, -0.1) is 0 Å². The maximum absolute atomic E-state index is 6.12. The molecule has 2 rings (SSSR count). The maximum atomic E-state index is 6.12. The molecular weight excluding hydrogens is 266 g/mol. The quantitative estimate of drug-likeness (QED) is 0.562. The highest BCUT2D eigenvalue weighted by Crippen LogP contribution is 2.49. The fourth-order valence-electron chi connectivity index (χ4n) is 3.57. The third-order valence-electron chi connectivity index (χ3n) is 4.85. The summed E-state index contributed by atoms with van der Waals surface area (Å²) in [6, 6.07) is 0. The molecule has 0 spiro atoms. The van der Waals surface area contributed by atoms with E-state index in [0.717, 1.165) is 38.6 Å². The van der Waals surface area contributed by atoms with Crippen LogP contribution in [0.15, 0.2) is 0 Å². The average Bonchev–Trinajstić information content (AvgIpc) is 3.25. The summed E-state index contributed by atoms with van der Waals surface area (Å²) in [5.41, 5.74) is 0.348. The van der Waals surface area contributed by atoms with E-state index >= 15 is 0 Å². The van der Waals surface area contributed by atoms with Gasteiger partial charge in [0.05, 0.1) is 19.3 Å². The van der Waals surface area contributed by atoms with Crippen molar-refractivity contribution >= 4 is 0 Å². The zero-order valence-corrected chi connectivity index (χ0v) is 13.9. The van der Waals surface area contributed by atoms with Crippen LogP contribution in [0.5, 0.6) is 0 Å². The van der Waals surface area contributed by atoms with Crippen LogP contribution in [0.1, 0.15) is 45.4 Å². The van der Waals surface area contributed by atoms with Crippen molar-refractivity contribution in [3.63, 3.8) is 0 Å². The van der Waals surface area contributed by atoms with Crippen molar-refractivity contribution in [2.45, 2.75) is 51.6 Å². The first kappa shape index (κ1) is 17.2. The van der Waals surface area contributed by atoms with Crippen LogP contribution in [0.2, 0.25) is 0 Å². The molecule has 0 aromatic rings. The van der Waals surface area contributed by atoms with Crippen molar-refractivity contribution in [3.05, 3.63) is 0 Å². The third-order valence-corrected chi connectivity index (χ3v) is 4.85. The number of hydrogen-bond donors (Lipinski definition) is 1. The van der Waals surface area contributed by atoms with Crippen LogP contribution in [-0.4, -0.2) is 52.7 Å². The van der Waals surface area contributed by atoms with Crippen LogP contribution in [0, 0.1) is 11.3 Å². The maximum Gasteiger partial charge on any atom is 0.0700 e. The number of ether oxygens (including phenoxy) is 3. The summed E-state index contributed by atoms with van der Waals surface area (Å²) in [6.07, 6.45) is 7.98. The Morgan fingerprint density at radius 2 is 2.10 bits per heavy atom. The van der Waals surface area contributed by atoms with E-state index in [9.17, 15) is 0 Å². The molecule has 2 unspecified atom stereocenters. The molecule has 0 aromatic heterocycles. The lowest BCUT2D eigenvalue weighted by atomic mass is 9.75. The second-order valence-electron chi connectivity index (χ2n) is 6.63. The predicted molar refractivity (Wildman–Crippen MR) is 84.6 cm³/mol. The average molecular weight is 299 g/mol. The van der Waals surface area contributed by atoms with E-state index in [1.807, 2.05) is 0 Å². The monoisotopic (exact) mass is 299 g/mol. The van der Waals surface area contributed by atoms with E-state index in [4.69, 9.17) is 14.2 Å². The van der Waals surface area contributed by atoms with Gasteiger partial charge in [0, 0.05) is 32.3 Å². The molecule has 1 heterocycles. The lowest BCUT2D eigenvalue weighted by Crippen LogP contribution is -2.42. The molecule has 1 saturated carbocycles. The number of nitrogens with one attached hydrogen (secondary N) is 1. The van der Waals surface area contributed by atoms with Gasteiger partial charge >= 0.3 is 0 Å². The molecule has 0 amide bonds. The smallest absolute Gasteiger partial charge is 0.0700 e. The molecule has 1 aliphatic carbocycles. The summed E-state index contributed by atoms with van der Waals surface area (Å²) in [6.45, 7) is 7.64. The number of hydrogen-bond acceptors (Lipinski definition) is 4. The Balaban J connectivity index is 1.77. The summed E-state index contributed by atoms with van der Waals surface area (Å²) < 4.78 is 16.8. The van der Waals surface area contributed by atoms with Gasteiger partial charge in [-0.1, -0.05) is 6.92 Å². The van der Waals surface area contributed by atoms with Gasteiger partial charge in [-0.2, -0.15) is 0 Å². The molecule has 2 fully saturated rings. The Bertz CT molecular complexity index is 283. The first-order chi connectivity index (χ1) is 10.3.